The minimum atomic E-state index is -0.277. The average molecular weight is 212 g/mol. The molecule has 0 bridgehead atoms. The van der Waals surface area contributed by atoms with Gasteiger partial charge < -0.3 is 14.3 Å². The van der Waals surface area contributed by atoms with Crippen LogP contribution < -0.4 is 10.2 Å². The second-order valence-corrected chi connectivity index (χ2v) is 3.56. The number of rotatable bonds is 5. The van der Waals surface area contributed by atoms with Crippen molar-refractivity contribution in [3.8, 4) is 5.75 Å². The van der Waals surface area contributed by atoms with E-state index >= 15 is 0 Å². The van der Waals surface area contributed by atoms with Crippen LogP contribution in [-0.2, 0) is 6.61 Å². The molecule has 0 aromatic carbocycles. The maximum absolute atomic E-state index is 11.4. The number of hydrogen-bond acceptors (Lipinski definition) is 4. The van der Waals surface area contributed by atoms with E-state index in [0.29, 0.717) is 12.5 Å². The highest BCUT2D eigenvalue weighted by Crippen LogP contribution is 2.08. The highest BCUT2D eigenvalue weighted by Gasteiger charge is 2.06. The van der Waals surface area contributed by atoms with Gasteiger partial charge in [0.2, 0.25) is 11.2 Å². The lowest BCUT2D eigenvalue weighted by atomic mass is 10.1. The lowest BCUT2D eigenvalue weighted by molar-refractivity contribution is 0.227. The van der Waals surface area contributed by atoms with Crippen molar-refractivity contribution in [3.63, 3.8) is 0 Å². The second-order valence-electron chi connectivity index (χ2n) is 3.56. The summed E-state index contributed by atoms with van der Waals surface area (Å²) in [7, 11) is 0. The van der Waals surface area contributed by atoms with Crippen LogP contribution in [0.4, 0.5) is 0 Å². The standard InChI is InChI=1S/C11H16O4/c1-3-8(2)6-15-11-7-14-9(5-12)4-10(11)13/h4,7-8,12H,3,5-6H2,1-2H3. The summed E-state index contributed by atoms with van der Waals surface area (Å²) >= 11 is 0. The summed E-state index contributed by atoms with van der Waals surface area (Å²) in [5.41, 5.74) is -0.256. The Bertz CT molecular complexity index is 356. The molecule has 0 aliphatic carbocycles. The van der Waals surface area contributed by atoms with E-state index in [1.165, 1.54) is 12.3 Å². The molecule has 4 heteroatoms. The third-order valence-electron chi connectivity index (χ3n) is 2.23. The first kappa shape index (κ1) is 11.8. The van der Waals surface area contributed by atoms with E-state index in [1.54, 1.807) is 0 Å². The van der Waals surface area contributed by atoms with Gasteiger partial charge in [-0.2, -0.15) is 0 Å². The summed E-state index contributed by atoms with van der Waals surface area (Å²) < 4.78 is 10.3. The Kier molecular flexibility index (Phi) is 4.37. The zero-order valence-corrected chi connectivity index (χ0v) is 9.03. The van der Waals surface area contributed by atoms with E-state index in [1.807, 2.05) is 6.92 Å². The summed E-state index contributed by atoms with van der Waals surface area (Å²) in [6.07, 6.45) is 2.25. The van der Waals surface area contributed by atoms with Crippen LogP contribution in [0.3, 0.4) is 0 Å². The molecule has 0 fully saturated rings. The Morgan fingerprint density at radius 2 is 2.33 bits per heavy atom. The maximum Gasteiger partial charge on any atom is 0.227 e. The highest BCUT2D eigenvalue weighted by atomic mass is 16.5. The summed E-state index contributed by atoms with van der Waals surface area (Å²) in [6, 6.07) is 1.24. The van der Waals surface area contributed by atoms with Gasteiger partial charge in [0, 0.05) is 6.07 Å². The van der Waals surface area contributed by atoms with Crippen molar-refractivity contribution in [1.29, 1.82) is 0 Å². The molecule has 84 valence electrons. The molecule has 1 aromatic heterocycles. The Labute approximate surface area is 88.5 Å². The molecule has 0 aliphatic heterocycles. The van der Waals surface area contributed by atoms with Crippen LogP contribution in [-0.4, -0.2) is 11.7 Å². The molecule has 0 aliphatic rings. The van der Waals surface area contributed by atoms with E-state index in [4.69, 9.17) is 14.3 Å². The summed E-state index contributed by atoms with van der Waals surface area (Å²) in [6.45, 7) is 4.33. The Hall–Kier alpha value is -1.29. The van der Waals surface area contributed by atoms with E-state index < -0.39 is 0 Å². The smallest absolute Gasteiger partial charge is 0.227 e. The largest absolute Gasteiger partial charge is 0.486 e. The third-order valence-corrected chi connectivity index (χ3v) is 2.23. The predicted molar refractivity (Wildman–Crippen MR) is 55.9 cm³/mol. The van der Waals surface area contributed by atoms with Gasteiger partial charge in [0.15, 0.2) is 0 Å². The van der Waals surface area contributed by atoms with Crippen molar-refractivity contribution < 1.29 is 14.3 Å². The Morgan fingerprint density at radius 1 is 1.60 bits per heavy atom. The van der Waals surface area contributed by atoms with Gasteiger partial charge in [0.05, 0.1) is 6.61 Å². The number of hydrogen-bond donors (Lipinski definition) is 1. The zero-order valence-electron chi connectivity index (χ0n) is 9.03. The van der Waals surface area contributed by atoms with Gasteiger partial charge in [0.1, 0.15) is 18.6 Å². The minimum absolute atomic E-state index is 0.201. The molecule has 1 heterocycles. The van der Waals surface area contributed by atoms with Crippen molar-refractivity contribution in [2.75, 3.05) is 6.61 Å². The van der Waals surface area contributed by atoms with E-state index in [2.05, 4.69) is 6.92 Å². The van der Waals surface area contributed by atoms with Crippen LogP contribution in [0, 0.1) is 5.92 Å². The average Bonchev–Trinajstić information content (AvgIpc) is 2.26. The second kappa shape index (κ2) is 5.56. The lowest BCUT2D eigenvalue weighted by Gasteiger charge is -2.09. The lowest BCUT2D eigenvalue weighted by Crippen LogP contribution is -2.13. The molecule has 1 atom stereocenters. The number of aliphatic hydroxyl groups is 1. The molecule has 0 radical (unpaired) electrons. The van der Waals surface area contributed by atoms with Gasteiger partial charge in [-0.25, -0.2) is 0 Å². The van der Waals surface area contributed by atoms with Gasteiger partial charge in [-0.3, -0.25) is 4.79 Å². The van der Waals surface area contributed by atoms with Gasteiger partial charge in [-0.15, -0.1) is 0 Å². The predicted octanol–water partition coefficient (Wildman–Crippen LogP) is 1.56. The fourth-order valence-electron chi connectivity index (χ4n) is 0.977. The van der Waals surface area contributed by atoms with Crippen molar-refractivity contribution in [1.82, 2.24) is 0 Å². The summed E-state index contributed by atoms with van der Waals surface area (Å²) in [5.74, 6) is 0.852. The first-order chi connectivity index (χ1) is 7.17. The van der Waals surface area contributed by atoms with E-state index in [9.17, 15) is 4.79 Å². The van der Waals surface area contributed by atoms with Crippen molar-refractivity contribution in [2.45, 2.75) is 26.9 Å². The Morgan fingerprint density at radius 3 is 2.87 bits per heavy atom. The van der Waals surface area contributed by atoms with Crippen LogP contribution >= 0.6 is 0 Å². The van der Waals surface area contributed by atoms with Gasteiger partial charge in [-0.05, 0) is 5.92 Å². The molecule has 0 amide bonds. The molecular formula is C11H16O4. The fourth-order valence-corrected chi connectivity index (χ4v) is 0.977. The SMILES string of the molecule is CCC(C)COc1coc(CO)cc1=O. The molecule has 4 nitrogen and oxygen atoms in total. The van der Waals surface area contributed by atoms with Crippen molar-refractivity contribution >= 4 is 0 Å². The molecule has 1 unspecified atom stereocenters. The van der Waals surface area contributed by atoms with Crippen LogP contribution in [0.5, 0.6) is 5.75 Å². The highest BCUT2D eigenvalue weighted by molar-refractivity contribution is 5.17. The van der Waals surface area contributed by atoms with Crippen LogP contribution in [0.25, 0.3) is 0 Å². The third kappa shape index (κ3) is 3.40. The monoisotopic (exact) mass is 212 g/mol. The number of aliphatic hydroxyl groups excluding tert-OH is 1. The first-order valence-corrected chi connectivity index (χ1v) is 5.02. The van der Waals surface area contributed by atoms with Gasteiger partial charge >= 0.3 is 0 Å². The molecule has 1 N–H and O–H groups in total. The van der Waals surface area contributed by atoms with Crippen molar-refractivity contribution in [3.05, 3.63) is 28.3 Å². The summed E-state index contributed by atoms with van der Waals surface area (Å²) in [5, 5.41) is 8.74. The van der Waals surface area contributed by atoms with Crippen LogP contribution in [0.15, 0.2) is 21.5 Å². The molecule has 0 saturated carbocycles. The fraction of sp³-hybridized carbons (Fsp3) is 0.545. The van der Waals surface area contributed by atoms with Crippen molar-refractivity contribution in [2.24, 2.45) is 5.92 Å². The molecule has 1 rings (SSSR count). The van der Waals surface area contributed by atoms with E-state index in [0.717, 1.165) is 6.42 Å². The van der Waals surface area contributed by atoms with Crippen LogP contribution in [0.2, 0.25) is 0 Å². The zero-order chi connectivity index (χ0) is 11.3. The molecule has 0 saturated heterocycles. The van der Waals surface area contributed by atoms with Crippen LogP contribution in [0.1, 0.15) is 26.0 Å². The Balaban J connectivity index is 2.66. The topological polar surface area (TPSA) is 59.7 Å². The van der Waals surface area contributed by atoms with Gasteiger partial charge in [0.25, 0.3) is 0 Å². The molecule has 0 spiro atoms. The summed E-state index contributed by atoms with van der Waals surface area (Å²) in [4.78, 5) is 11.4. The normalized spacial score (nSPS) is 12.5. The molecule has 15 heavy (non-hydrogen) atoms. The quantitative estimate of drug-likeness (QED) is 0.804. The molecular weight excluding hydrogens is 196 g/mol. The van der Waals surface area contributed by atoms with Gasteiger partial charge in [-0.1, -0.05) is 20.3 Å². The molecule has 1 aromatic rings. The maximum atomic E-state index is 11.4. The van der Waals surface area contributed by atoms with E-state index in [-0.39, 0.29) is 23.5 Å². The minimum Gasteiger partial charge on any atom is -0.486 e. The first-order valence-electron chi connectivity index (χ1n) is 5.02. The number of ether oxygens (including phenoxy) is 1.